The van der Waals surface area contributed by atoms with Crippen LogP contribution in [0.4, 0.5) is 17.4 Å². The number of ether oxygens (including phenoxy) is 1. The second kappa shape index (κ2) is 7.23. The number of hydrogen-bond acceptors (Lipinski definition) is 6. The van der Waals surface area contributed by atoms with E-state index >= 15 is 0 Å². The highest BCUT2D eigenvalue weighted by atomic mass is 35.5. The molecule has 0 unspecified atom stereocenters. The van der Waals surface area contributed by atoms with Crippen molar-refractivity contribution in [2.45, 2.75) is 6.92 Å². The molecule has 2 aromatic carbocycles. The van der Waals surface area contributed by atoms with Gasteiger partial charge in [0.15, 0.2) is 12.2 Å². The minimum atomic E-state index is -0.512. The topological polar surface area (TPSA) is 93.5 Å². The first-order chi connectivity index (χ1) is 12.0. The highest BCUT2D eigenvalue weighted by Crippen LogP contribution is 2.25. The lowest BCUT2D eigenvalue weighted by molar-refractivity contribution is -0.144. The van der Waals surface area contributed by atoms with Crippen molar-refractivity contribution in [3.05, 3.63) is 47.5 Å². The molecule has 0 saturated carbocycles. The summed E-state index contributed by atoms with van der Waals surface area (Å²) in [6, 6.07) is 12.4. The van der Waals surface area contributed by atoms with E-state index in [4.69, 9.17) is 16.0 Å². The number of aromatic nitrogens is 1. The van der Waals surface area contributed by atoms with E-state index in [2.05, 4.69) is 20.4 Å². The van der Waals surface area contributed by atoms with Gasteiger partial charge in [-0.1, -0.05) is 17.7 Å². The highest BCUT2D eigenvalue weighted by Gasteiger charge is 2.08. The molecule has 3 rings (SSSR count). The van der Waals surface area contributed by atoms with Crippen molar-refractivity contribution >= 4 is 52.0 Å². The zero-order valence-electron chi connectivity index (χ0n) is 13.2. The minimum Gasteiger partial charge on any atom is -0.456 e. The molecule has 0 saturated heterocycles. The number of carbonyl (C=O) groups excluding carboxylic acids is 2. The Morgan fingerprint density at radius 2 is 2.00 bits per heavy atom. The molecule has 25 heavy (non-hydrogen) atoms. The quantitative estimate of drug-likeness (QED) is 0.674. The Hall–Kier alpha value is -3.06. The predicted octanol–water partition coefficient (Wildman–Crippen LogP) is 3.73. The van der Waals surface area contributed by atoms with Gasteiger partial charge < -0.3 is 19.8 Å². The number of esters is 1. The number of carbonyl (C=O) groups is 2. The van der Waals surface area contributed by atoms with Crippen molar-refractivity contribution in [3.8, 4) is 0 Å². The number of oxazole rings is 1. The van der Waals surface area contributed by atoms with Crippen LogP contribution in [0.15, 0.2) is 46.9 Å². The van der Waals surface area contributed by atoms with Gasteiger partial charge in [0.25, 0.3) is 11.9 Å². The third-order valence-corrected chi connectivity index (χ3v) is 3.39. The molecule has 0 spiro atoms. The van der Waals surface area contributed by atoms with E-state index in [0.29, 0.717) is 33.5 Å². The molecule has 0 aliphatic carbocycles. The van der Waals surface area contributed by atoms with Crippen LogP contribution >= 0.6 is 11.6 Å². The summed E-state index contributed by atoms with van der Waals surface area (Å²) < 4.78 is 10.2. The summed E-state index contributed by atoms with van der Waals surface area (Å²) in [5.74, 6) is -0.939. The van der Waals surface area contributed by atoms with Gasteiger partial charge in [-0.2, -0.15) is 4.98 Å². The highest BCUT2D eigenvalue weighted by molar-refractivity contribution is 6.31. The van der Waals surface area contributed by atoms with Crippen LogP contribution in [-0.4, -0.2) is 23.5 Å². The third-order valence-electron chi connectivity index (χ3n) is 3.15. The summed E-state index contributed by atoms with van der Waals surface area (Å²) in [6.07, 6.45) is 0. The maximum atomic E-state index is 11.7. The number of anilines is 3. The van der Waals surface area contributed by atoms with E-state index in [9.17, 15) is 9.59 Å². The van der Waals surface area contributed by atoms with Gasteiger partial charge in [-0.3, -0.25) is 9.59 Å². The zero-order chi connectivity index (χ0) is 17.8. The smallest absolute Gasteiger partial charge is 0.303 e. The van der Waals surface area contributed by atoms with Gasteiger partial charge in [0.1, 0.15) is 5.52 Å². The molecule has 128 valence electrons. The molecule has 2 N–H and O–H groups in total. The molecule has 0 fully saturated rings. The maximum Gasteiger partial charge on any atom is 0.303 e. The molecular formula is C17H14ClN3O4. The van der Waals surface area contributed by atoms with Gasteiger partial charge in [-0.15, -0.1) is 0 Å². The molecule has 3 aromatic rings. The van der Waals surface area contributed by atoms with Crippen LogP contribution in [0, 0.1) is 0 Å². The van der Waals surface area contributed by atoms with Crippen molar-refractivity contribution in [1.29, 1.82) is 0 Å². The number of nitrogens with one attached hydrogen (secondary N) is 2. The fraction of sp³-hybridized carbons (Fsp3) is 0.118. The number of fused-ring (bicyclic) bond motifs is 1. The fourth-order valence-corrected chi connectivity index (χ4v) is 2.28. The summed E-state index contributed by atoms with van der Waals surface area (Å²) in [5.41, 5.74) is 2.46. The molecule has 0 atom stereocenters. The van der Waals surface area contributed by atoms with E-state index in [1.54, 1.807) is 42.5 Å². The first kappa shape index (κ1) is 16.8. The van der Waals surface area contributed by atoms with Gasteiger partial charge in [-0.25, -0.2) is 0 Å². The Labute approximate surface area is 147 Å². The maximum absolute atomic E-state index is 11.7. The van der Waals surface area contributed by atoms with Crippen LogP contribution in [0.3, 0.4) is 0 Å². The lowest BCUT2D eigenvalue weighted by Crippen LogP contribution is -2.19. The van der Waals surface area contributed by atoms with Gasteiger partial charge in [-0.05, 0) is 30.3 Å². The van der Waals surface area contributed by atoms with E-state index in [-0.39, 0.29) is 6.61 Å². The number of rotatable bonds is 5. The molecule has 8 heteroatoms. The van der Waals surface area contributed by atoms with Crippen molar-refractivity contribution in [2.75, 3.05) is 17.2 Å². The molecular weight excluding hydrogens is 346 g/mol. The van der Waals surface area contributed by atoms with Crippen molar-refractivity contribution in [3.63, 3.8) is 0 Å². The predicted molar refractivity (Wildman–Crippen MR) is 94.0 cm³/mol. The first-order valence-electron chi connectivity index (χ1n) is 7.36. The Balaban J connectivity index is 1.70. The second-order valence-corrected chi connectivity index (χ2v) is 5.60. The van der Waals surface area contributed by atoms with E-state index in [1.807, 2.05) is 0 Å². The van der Waals surface area contributed by atoms with Crippen LogP contribution < -0.4 is 10.6 Å². The summed E-state index contributed by atoms with van der Waals surface area (Å²) in [6.45, 7) is 0.907. The average molecular weight is 360 g/mol. The van der Waals surface area contributed by atoms with Crippen molar-refractivity contribution in [2.24, 2.45) is 0 Å². The zero-order valence-corrected chi connectivity index (χ0v) is 14.0. The Kier molecular flexibility index (Phi) is 4.85. The lowest BCUT2D eigenvalue weighted by atomic mass is 10.2. The molecule has 0 aliphatic rings. The molecule has 1 aromatic heterocycles. The van der Waals surface area contributed by atoms with Crippen LogP contribution in [0.25, 0.3) is 11.1 Å². The number of benzene rings is 2. The van der Waals surface area contributed by atoms with E-state index in [0.717, 1.165) is 0 Å². The molecule has 1 amide bonds. The SMILES string of the molecule is CC(=O)OCC(=O)Nc1cccc(Nc2nc3ccc(Cl)cc3o2)c1. The Morgan fingerprint density at radius 3 is 2.80 bits per heavy atom. The molecule has 0 aliphatic heterocycles. The van der Waals surface area contributed by atoms with Gasteiger partial charge in [0.2, 0.25) is 0 Å². The lowest BCUT2D eigenvalue weighted by Gasteiger charge is -2.07. The minimum absolute atomic E-state index is 0.306. The first-order valence-corrected chi connectivity index (χ1v) is 7.74. The van der Waals surface area contributed by atoms with Crippen LogP contribution in [0.5, 0.6) is 0 Å². The largest absolute Gasteiger partial charge is 0.456 e. The molecule has 0 radical (unpaired) electrons. The molecule has 1 heterocycles. The second-order valence-electron chi connectivity index (χ2n) is 5.17. The van der Waals surface area contributed by atoms with E-state index in [1.165, 1.54) is 6.92 Å². The van der Waals surface area contributed by atoms with Crippen molar-refractivity contribution < 1.29 is 18.7 Å². The van der Waals surface area contributed by atoms with Crippen LogP contribution in [0.1, 0.15) is 6.92 Å². The Morgan fingerprint density at radius 1 is 1.20 bits per heavy atom. The van der Waals surface area contributed by atoms with Crippen molar-refractivity contribution in [1.82, 2.24) is 4.98 Å². The molecule has 7 nitrogen and oxygen atoms in total. The number of nitrogens with zero attached hydrogens (tertiary/aromatic N) is 1. The average Bonchev–Trinajstić information content (AvgIpc) is 2.94. The number of hydrogen-bond donors (Lipinski definition) is 2. The normalized spacial score (nSPS) is 10.5. The standard InChI is InChI=1S/C17H14ClN3O4/c1-10(22)24-9-16(23)19-12-3-2-4-13(8-12)20-17-21-14-6-5-11(18)7-15(14)25-17/h2-8H,9H2,1H3,(H,19,23)(H,20,21). The van der Waals surface area contributed by atoms with Gasteiger partial charge in [0, 0.05) is 29.4 Å². The summed E-state index contributed by atoms with van der Waals surface area (Å²) in [7, 11) is 0. The molecule has 0 bridgehead atoms. The number of amides is 1. The van der Waals surface area contributed by atoms with Gasteiger partial charge >= 0.3 is 5.97 Å². The van der Waals surface area contributed by atoms with Crippen LogP contribution in [0.2, 0.25) is 5.02 Å². The van der Waals surface area contributed by atoms with Gasteiger partial charge in [0.05, 0.1) is 0 Å². The summed E-state index contributed by atoms with van der Waals surface area (Å²) >= 11 is 5.92. The summed E-state index contributed by atoms with van der Waals surface area (Å²) in [5, 5.41) is 6.21. The van der Waals surface area contributed by atoms with E-state index < -0.39 is 11.9 Å². The monoisotopic (exact) mass is 359 g/mol. The van der Waals surface area contributed by atoms with Crippen LogP contribution in [-0.2, 0) is 14.3 Å². The fourth-order valence-electron chi connectivity index (χ4n) is 2.11. The third kappa shape index (κ3) is 4.48. The Bertz CT molecular complexity index is 939. The number of halogens is 1. The summed E-state index contributed by atoms with van der Waals surface area (Å²) in [4.78, 5) is 26.7.